The van der Waals surface area contributed by atoms with Gasteiger partial charge >= 0.3 is 5.97 Å². The minimum atomic E-state index is -0.592. The molecule has 0 unspecified atom stereocenters. The second-order valence-electron chi connectivity index (χ2n) is 5.38. The van der Waals surface area contributed by atoms with Gasteiger partial charge in [-0.1, -0.05) is 18.2 Å². The van der Waals surface area contributed by atoms with Gasteiger partial charge in [-0.15, -0.1) is 11.3 Å². The molecule has 20 heavy (non-hydrogen) atoms. The predicted octanol–water partition coefficient (Wildman–Crippen LogP) is 4.09. The van der Waals surface area contributed by atoms with Crippen LogP contribution in [0.1, 0.15) is 30.4 Å². The van der Waals surface area contributed by atoms with Crippen LogP contribution in [0.5, 0.6) is 0 Å². The molecule has 0 amide bonds. The first-order chi connectivity index (χ1) is 9.28. The van der Waals surface area contributed by atoms with Crippen LogP contribution in [0.15, 0.2) is 30.3 Å². The van der Waals surface area contributed by atoms with Crippen LogP contribution >= 0.6 is 11.3 Å². The second-order valence-corrected chi connectivity index (χ2v) is 6.43. The van der Waals surface area contributed by atoms with Crippen molar-refractivity contribution in [2.45, 2.75) is 26.4 Å². The fourth-order valence-electron chi connectivity index (χ4n) is 1.68. The molecule has 0 radical (unpaired) electrons. The van der Waals surface area contributed by atoms with Gasteiger partial charge in [-0.2, -0.15) is 0 Å². The molecule has 106 valence electrons. The summed E-state index contributed by atoms with van der Waals surface area (Å²) in [4.78, 5) is 12.9. The summed E-state index contributed by atoms with van der Waals surface area (Å²) in [5.74, 6) is -0.827. The summed E-state index contributed by atoms with van der Waals surface area (Å²) in [5, 5.41) is 0. The average molecular weight is 293 g/mol. The lowest BCUT2D eigenvalue weighted by molar-refractivity contribution is 0.00764. The Labute approximate surface area is 121 Å². The number of nitrogen functional groups attached to an aromatic ring is 1. The lowest BCUT2D eigenvalue weighted by Crippen LogP contribution is -2.23. The summed E-state index contributed by atoms with van der Waals surface area (Å²) in [7, 11) is 0. The van der Waals surface area contributed by atoms with Crippen LogP contribution in [0.25, 0.3) is 10.4 Å². The van der Waals surface area contributed by atoms with Crippen molar-refractivity contribution in [1.82, 2.24) is 0 Å². The van der Waals surface area contributed by atoms with E-state index in [4.69, 9.17) is 10.5 Å². The molecular formula is C15H16FNO2S. The van der Waals surface area contributed by atoms with E-state index in [-0.39, 0.29) is 5.82 Å². The maximum absolute atomic E-state index is 13.7. The summed E-state index contributed by atoms with van der Waals surface area (Å²) < 4.78 is 19.0. The van der Waals surface area contributed by atoms with E-state index in [1.165, 1.54) is 6.07 Å². The third-order valence-electron chi connectivity index (χ3n) is 2.48. The molecule has 2 N–H and O–H groups in total. The molecule has 0 fully saturated rings. The van der Waals surface area contributed by atoms with Crippen molar-refractivity contribution in [1.29, 1.82) is 0 Å². The number of ether oxygens (including phenoxy) is 1. The number of benzene rings is 1. The molecule has 0 saturated carbocycles. The molecular weight excluding hydrogens is 277 g/mol. The van der Waals surface area contributed by atoms with Gasteiger partial charge in [0.25, 0.3) is 0 Å². The molecule has 1 aromatic carbocycles. The van der Waals surface area contributed by atoms with Gasteiger partial charge in [0.15, 0.2) is 0 Å². The lowest BCUT2D eigenvalue weighted by atomic mass is 10.1. The van der Waals surface area contributed by atoms with E-state index in [9.17, 15) is 9.18 Å². The molecule has 0 aliphatic carbocycles. The molecule has 0 saturated heterocycles. The number of halogens is 1. The van der Waals surface area contributed by atoms with Crippen molar-refractivity contribution in [3.05, 3.63) is 41.0 Å². The van der Waals surface area contributed by atoms with E-state index in [1.54, 1.807) is 45.0 Å². The second kappa shape index (κ2) is 5.25. The highest BCUT2D eigenvalue weighted by atomic mass is 32.1. The summed E-state index contributed by atoms with van der Waals surface area (Å²) in [5.41, 5.74) is 5.98. The van der Waals surface area contributed by atoms with Crippen LogP contribution in [0.3, 0.4) is 0 Å². The SMILES string of the molecule is CC(C)(C)OC(=O)c1sc(-c2ccccc2F)cc1N. The Bertz CT molecular complexity index is 644. The van der Waals surface area contributed by atoms with E-state index in [0.29, 0.717) is 21.0 Å². The van der Waals surface area contributed by atoms with Crippen molar-refractivity contribution in [3.8, 4) is 10.4 Å². The Morgan fingerprint density at radius 3 is 2.55 bits per heavy atom. The van der Waals surface area contributed by atoms with Crippen molar-refractivity contribution >= 4 is 23.0 Å². The third-order valence-corrected chi connectivity index (χ3v) is 3.65. The van der Waals surface area contributed by atoms with Crippen LogP contribution < -0.4 is 5.73 Å². The van der Waals surface area contributed by atoms with Crippen LogP contribution in [-0.2, 0) is 4.74 Å². The Balaban J connectivity index is 2.36. The highest BCUT2D eigenvalue weighted by molar-refractivity contribution is 7.18. The minimum Gasteiger partial charge on any atom is -0.456 e. The zero-order valence-electron chi connectivity index (χ0n) is 11.6. The number of esters is 1. The van der Waals surface area contributed by atoms with Gasteiger partial charge in [-0.3, -0.25) is 0 Å². The van der Waals surface area contributed by atoms with Gasteiger partial charge in [0.2, 0.25) is 0 Å². The molecule has 2 rings (SSSR count). The first kappa shape index (κ1) is 14.5. The van der Waals surface area contributed by atoms with Gasteiger partial charge in [-0.25, -0.2) is 9.18 Å². The van der Waals surface area contributed by atoms with Crippen LogP contribution in [0.2, 0.25) is 0 Å². The highest BCUT2D eigenvalue weighted by Crippen LogP contribution is 2.35. The standard InChI is InChI=1S/C15H16FNO2S/c1-15(2,3)19-14(18)13-11(17)8-12(20-13)9-6-4-5-7-10(9)16/h4-8H,17H2,1-3H3. The molecule has 0 bridgehead atoms. The Morgan fingerprint density at radius 2 is 1.95 bits per heavy atom. The summed E-state index contributed by atoms with van der Waals surface area (Å²) >= 11 is 1.14. The Kier molecular flexibility index (Phi) is 3.81. The minimum absolute atomic E-state index is 0.304. The van der Waals surface area contributed by atoms with Crippen LogP contribution in [0.4, 0.5) is 10.1 Å². The zero-order chi connectivity index (χ0) is 14.9. The molecule has 1 heterocycles. The zero-order valence-corrected chi connectivity index (χ0v) is 12.4. The van der Waals surface area contributed by atoms with Gasteiger partial charge in [0.05, 0.1) is 5.69 Å². The maximum Gasteiger partial charge on any atom is 0.350 e. The first-order valence-corrected chi connectivity index (χ1v) is 6.97. The summed E-state index contributed by atoms with van der Waals surface area (Å²) in [6.45, 7) is 5.35. The fourth-order valence-corrected chi connectivity index (χ4v) is 2.67. The predicted molar refractivity (Wildman–Crippen MR) is 79.3 cm³/mol. The highest BCUT2D eigenvalue weighted by Gasteiger charge is 2.22. The largest absolute Gasteiger partial charge is 0.456 e. The van der Waals surface area contributed by atoms with Gasteiger partial charge in [-0.05, 0) is 32.9 Å². The first-order valence-electron chi connectivity index (χ1n) is 6.15. The van der Waals surface area contributed by atoms with Crippen LogP contribution in [-0.4, -0.2) is 11.6 Å². The number of carbonyl (C=O) groups is 1. The molecule has 0 aliphatic heterocycles. The number of nitrogens with two attached hydrogens (primary N) is 1. The van der Waals surface area contributed by atoms with Crippen molar-refractivity contribution in [3.63, 3.8) is 0 Å². The number of anilines is 1. The molecule has 5 heteroatoms. The van der Waals surface area contributed by atoms with Crippen molar-refractivity contribution in [2.24, 2.45) is 0 Å². The van der Waals surface area contributed by atoms with E-state index in [0.717, 1.165) is 11.3 Å². The smallest absolute Gasteiger partial charge is 0.350 e. The molecule has 2 aromatic rings. The Hall–Kier alpha value is -1.88. The molecule has 1 aromatic heterocycles. The normalized spacial score (nSPS) is 11.4. The number of hydrogen-bond donors (Lipinski definition) is 1. The monoisotopic (exact) mass is 293 g/mol. The van der Waals surface area contributed by atoms with E-state index in [1.807, 2.05) is 0 Å². The van der Waals surface area contributed by atoms with E-state index in [2.05, 4.69) is 0 Å². The van der Waals surface area contributed by atoms with E-state index < -0.39 is 11.6 Å². The average Bonchev–Trinajstić information content (AvgIpc) is 2.69. The van der Waals surface area contributed by atoms with Gasteiger partial charge in [0, 0.05) is 10.4 Å². The fraction of sp³-hybridized carbons (Fsp3) is 0.267. The number of rotatable bonds is 2. The molecule has 0 spiro atoms. The Morgan fingerprint density at radius 1 is 1.30 bits per heavy atom. The molecule has 0 atom stereocenters. The lowest BCUT2D eigenvalue weighted by Gasteiger charge is -2.18. The maximum atomic E-state index is 13.7. The van der Waals surface area contributed by atoms with Crippen molar-refractivity contribution in [2.75, 3.05) is 5.73 Å². The van der Waals surface area contributed by atoms with E-state index >= 15 is 0 Å². The van der Waals surface area contributed by atoms with Gasteiger partial charge < -0.3 is 10.5 Å². The topological polar surface area (TPSA) is 52.3 Å². The quantitative estimate of drug-likeness (QED) is 0.848. The van der Waals surface area contributed by atoms with Crippen molar-refractivity contribution < 1.29 is 13.9 Å². The summed E-state index contributed by atoms with van der Waals surface area (Å²) in [6, 6.07) is 7.98. The number of hydrogen-bond acceptors (Lipinski definition) is 4. The van der Waals surface area contributed by atoms with Gasteiger partial charge in [0.1, 0.15) is 16.3 Å². The molecule has 0 aliphatic rings. The third kappa shape index (κ3) is 3.17. The summed E-state index contributed by atoms with van der Waals surface area (Å²) in [6.07, 6.45) is 0. The molecule has 3 nitrogen and oxygen atoms in total. The van der Waals surface area contributed by atoms with Crippen LogP contribution in [0, 0.1) is 5.82 Å². The number of thiophene rings is 1. The number of carbonyl (C=O) groups excluding carboxylic acids is 1.